The maximum absolute atomic E-state index is 13.5. The lowest BCUT2D eigenvalue weighted by Gasteiger charge is -2.02. The highest BCUT2D eigenvalue weighted by Gasteiger charge is 2.04. The van der Waals surface area contributed by atoms with Crippen LogP contribution in [0.15, 0.2) is 46.4 Å². The van der Waals surface area contributed by atoms with Crippen LogP contribution in [0.1, 0.15) is 11.1 Å². The Kier molecular flexibility index (Phi) is 4.35. The minimum absolute atomic E-state index is 0.243. The van der Waals surface area contributed by atoms with Crippen molar-refractivity contribution in [1.82, 2.24) is 4.98 Å². The van der Waals surface area contributed by atoms with E-state index in [4.69, 9.17) is 9.52 Å². The van der Waals surface area contributed by atoms with Gasteiger partial charge in [-0.25, -0.2) is 14.2 Å². The van der Waals surface area contributed by atoms with Crippen LogP contribution < -0.4 is 0 Å². The number of hydrogen-bond acceptors (Lipinski definition) is 4. The maximum Gasteiger partial charge on any atom is 0.328 e. The SMILES string of the molecule is O=C(O)/C=C/c1cc(CSc2ncco2)ccc1F. The van der Waals surface area contributed by atoms with E-state index in [1.807, 2.05) is 0 Å². The largest absolute Gasteiger partial charge is 0.478 e. The summed E-state index contributed by atoms with van der Waals surface area (Å²) < 4.78 is 18.5. The van der Waals surface area contributed by atoms with Crippen LogP contribution in [-0.4, -0.2) is 16.1 Å². The number of aromatic nitrogens is 1. The molecule has 0 fully saturated rings. The van der Waals surface area contributed by atoms with Gasteiger partial charge in [0.05, 0.1) is 6.20 Å². The van der Waals surface area contributed by atoms with E-state index in [0.717, 1.165) is 11.6 Å². The van der Waals surface area contributed by atoms with Crippen molar-refractivity contribution < 1.29 is 18.7 Å². The Morgan fingerprint density at radius 2 is 2.37 bits per heavy atom. The normalized spacial score (nSPS) is 11.0. The summed E-state index contributed by atoms with van der Waals surface area (Å²) >= 11 is 1.38. The van der Waals surface area contributed by atoms with Crippen LogP contribution in [0, 0.1) is 5.82 Å². The quantitative estimate of drug-likeness (QED) is 0.672. The first-order valence-corrected chi connectivity index (χ1v) is 6.35. The second-order valence-corrected chi connectivity index (χ2v) is 4.54. The van der Waals surface area contributed by atoms with Crippen molar-refractivity contribution in [1.29, 1.82) is 0 Å². The predicted octanol–water partition coefficient (Wildman–Crippen LogP) is 3.20. The fraction of sp³-hybridized carbons (Fsp3) is 0.0769. The van der Waals surface area contributed by atoms with Gasteiger partial charge in [0.1, 0.15) is 12.1 Å². The minimum atomic E-state index is -1.11. The number of hydrogen-bond donors (Lipinski definition) is 1. The van der Waals surface area contributed by atoms with Gasteiger partial charge in [-0.2, -0.15) is 0 Å². The number of carboxylic acid groups (broad SMARTS) is 1. The van der Waals surface area contributed by atoms with Gasteiger partial charge in [0.15, 0.2) is 0 Å². The summed E-state index contributed by atoms with van der Waals surface area (Å²) in [6, 6.07) is 4.56. The first kappa shape index (κ1) is 13.4. The zero-order valence-electron chi connectivity index (χ0n) is 9.75. The molecule has 0 aliphatic heterocycles. The maximum atomic E-state index is 13.5. The van der Waals surface area contributed by atoms with Crippen LogP contribution in [0.25, 0.3) is 6.08 Å². The van der Waals surface area contributed by atoms with E-state index >= 15 is 0 Å². The molecule has 1 aromatic heterocycles. The second kappa shape index (κ2) is 6.19. The molecule has 1 N–H and O–H groups in total. The van der Waals surface area contributed by atoms with E-state index in [-0.39, 0.29) is 5.56 Å². The van der Waals surface area contributed by atoms with Gasteiger partial charge in [0, 0.05) is 17.4 Å². The van der Waals surface area contributed by atoms with Crippen molar-refractivity contribution in [3.05, 3.63) is 53.7 Å². The Hall–Kier alpha value is -2.08. The number of nitrogens with zero attached hydrogens (tertiary/aromatic N) is 1. The summed E-state index contributed by atoms with van der Waals surface area (Å²) in [5.74, 6) is -1.00. The molecule has 0 atom stereocenters. The number of benzene rings is 1. The lowest BCUT2D eigenvalue weighted by atomic mass is 10.1. The lowest BCUT2D eigenvalue weighted by Crippen LogP contribution is -1.90. The highest BCUT2D eigenvalue weighted by molar-refractivity contribution is 7.98. The van der Waals surface area contributed by atoms with Crippen molar-refractivity contribution in [3.63, 3.8) is 0 Å². The summed E-state index contributed by atoms with van der Waals surface area (Å²) in [5, 5.41) is 9.06. The molecular formula is C13H10FNO3S. The third kappa shape index (κ3) is 3.96. The molecule has 0 unspecified atom stereocenters. The van der Waals surface area contributed by atoms with Crippen molar-refractivity contribution in [2.75, 3.05) is 0 Å². The third-order valence-corrected chi connectivity index (χ3v) is 3.16. The molecule has 0 amide bonds. The van der Waals surface area contributed by atoms with Gasteiger partial charge in [-0.05, 0) is 23.8 Å². The summed E-state index contributed by atoms with van der Waals surface area (Å²) in [6.07, 6.45) is 5.17. The lowest BCUT2D eigenvalue weighted by molar-refractivity contribution is -0.131. The van der Waals surface area contributed by atoms with Crippen LogP contribution in [0.4, 0.5) is 4.39 Å². The van der Waals surface area contributed by atoms with E-state index < -0.39 is 11.8 Å². The molecule has 0 saturated carbocycles. The van der Waals surface area contributed by atoms with E-state index in [2.05, 4.69) is 4.98 Å². The molecule has 0 aliphatic carbocycles. The Labute approximate surface area is 113 Å². The molecule has 0 spiro atoms. The molecule has 19 heavy (non-hydrogen) atoms. The number of carbonyl (C=O) groups is 1. The average Bonchev–Trinajstić information content (AvgIpc) is 2.89. The van der Waals surface area contributed by atoms with Gasteiger partial charge in [0.25, 0.3) is 5.22 Å². The van der Waals surface area contributed by atoms with E-state index in [0.29, 0.717) is 11.0 Å². The predicted molar refractivity (Wildman–Crippen MR) is 69.1 cm³/mol. The summed E-state index contributed by atoms with van der Waals surface area (Å²) in [7, 11) is 0. The average molecular weight is 279 g/mol. The second-order valence-electron chi connectivity index (χ2n) is 3.61. The zero-order chi connectivity index (χ0) is 13.7. The van der Waals surface area contributed by atoms with Crippen molar-refractivity contribution in [2.45, 2.75) is 11.0 Å². The monoisotopic (exact) mass is 279 g/mol. The van der Waals surface area contributed by atoms with Gasteiger partial charge < -0.3 is 9.52 Å². The Morgan fingerprint density at radius 3 is 3.05 bits per heavy atom. The molecule has 1 heterocycles. The first-order valence-electron chi connectivity index (χ1n) is 5.37. The number of oxazole rings is 1. The number of halogens is 1. The van der Waals surface area contributed by atoms with Crippen LogP contribution in [0.3, 0.4) is 0 Å². The Morgan fingerprint density at radius 1 is 1.53 bits per heavy atom. The van der Waals surface area contributed by atoms with Gasteiger partial charge >= 0.3 is 5.97 Å². The molecule has 0 radical (unpaired) electrons. The Balaban J connectivity index is 2.09. The molecular weight excluding hydrogens is 269 g/mol. The standard InChI is InChI=1S/C13H10FNO3S/c14-11-3-1-9(7-10(11)2-4-12(16)17)8-19-13-15-5-6-18-13/h1-7H,8H2,(H,16,17)/b4-2+. The van der Waals surface area contributed by atoms with E-state index in [1.165, 1.54) is 30.2 Å². The van der Waals surface area contributed by atoms with Crippen molar-refractivity contribution in [2.24, 2.45) is 0 Å². The molecule has 2 aromatic rings. The highest BCUT2D eigenvalue weighted by atomic mass is 32.2. The summed E-state index contributed by atoms with van der Waals surface area (Å²) in [6.45, 7) is 0. The van der Waals surface area contributed by atoms with Crippen molar-refractivity contribution >= 4 is 23.8 Å². The fourth-order valence-corrected chi connectivity index (χ4v) is 2.13. The number of rotatable bonds is 5. The topological polar surface area (TPSA) is 63.3 Å². The number of aliphatic carboxylic acids is 1. The van der Waals surface area contributed by atoms with E-state index in [9.17, 15) is 9.18 Å². The van der Waals surface area contributed by atoms with Gasteiger partial charge in [-0.3, -0.25) is 0 Å². The minimum Gasteiger partial charge on any atom is -0.478 e. The molecule has 0 saturated heterocycles. The molecule has 4 nitrogen and oxygen atoms in total. The zero-order valence-corrected chi connectivity index (χ0v) is 10.6. The van der Waals surface area contributed by atoms with Crippen LogP contribution in [0.2, 0.25) is 0 Å². The summed E-state index contributed by atoms with van der Waals surface area (Å²) in [5.41, 5.74) is 1.10. The first-order chi connectivity index (χ1) is 9.15. The third-order valence-electron chi connectivity index (χ3n) is 2.24. The number of carboxylic acids is 1. The van der Waals surface area contributed by atoms with E-state index in [1.54, 1.807) is 18.3 Å². The number of thioether (sulfide) groups is 1. The fourth-order valence-electron chi connectivity index (χ4n) is 1.40. The van der Waals surface area contributed by atoms with Crippen molar-refractivity contribution in [3.8, 4) is 0 Å². The van der Waals surface area contributed by atoms with Crippen LogP contribution in [-0.2, 0) is 10.5 Å². The Bertz CT molecular complexity index is 596. The van der Waals surface area contributed by atoms with Gasteiger partial charge in [0.2, 0.25) is 0 Å². The molecule has 1 aromatic carbocycles. The molecule has 2 rings (SSSR count). The highest BCUT2D eigenvalue weighted by Crippen LogP contribution is 2.22. The van der Waals surface area contributed by atoms with Crippen LogP contribution >= 0.6 is 11.8 Å². The van der Waals surface area contributed by atoms with Gasteiger partial charge in [-0.1, -0.05) is 17.8 Å². The summed E-state index contributed by atoms with van der Waals surface area (Å²) in [4.78, 5) is 14.4. The molecule has 98 valence electrons. The van der Waals surface area contributed by atoms with Crippen LogP contribution in [0.5, 0.6) is 0 Å². The molecule has 0 aliphatic rings. The smallest absolute Gasteiger partial charge is 0.328 e. The molecule has 6 heteroatoms. The molecule has 0 bridgehead atoms. The van der Waals surface area contributed by atoms with Gasteiger partial charge in [-0.15, -0.1) is 0 Å².